The zero-order chi connectivity index (χ0) is 18.6. The normalized spacial score (nSPS) is 20.9. The Kier molecular flexibility index (Phi) is 5.89. The Hall–Kier alpha value is -1.72. The van der Waals surface area contributed by atoms with Crippen molar-refractivity contribution < 1.29 is 4.79 Å². The zero-order valence-electron chi connectivity index (χ0n) is 16.2. The number of carbonyl (C=O) groups excluding carboxylic acids is 1. The molecule has 5 heteroatoms. The number of thiazole rings is 1. The maximum atomic E-state index is 13.2. The zero-order valence-corrected chi connectivity index (χ0v) is 17.0. The molecule has 4 rings (SSSR count). The summed E-state index contributed by atoms with van der Waals surface area (Å²) in [7, 11) is 0. The lowest BCUT2D eigenvalue weighted by atomic mass is 10.0. The van der Waals surface area contributed by atoms with Gasteiger partial charge in [-0.1, -0.05) is 30.3 Å². The van der Waals surface area contributed by atoms with Crippen LogP contribution in [0.4, 0.5) is 0 Å². The molecule has 2 aromatic rings. The van der Waals surface area contributed by atoms with Crippen molar-refractivity contribution in [2.24, 2.45) is 0 Å². The topological polar surface area (TPSA) is 36.4 Å². The highest BCUT2D eigenvalue weighted by atomic mass is 32.1. The Labute approximate surface area is 166 Å². The first-order valence-corrected chi connectivity index (χ1v) is 11.1. The van der Waals surface area contributed by atoms with E-state index in [1.807, 2.05) is 25.1 Å². The highest BCUT2D eigenvalue weighted by Gasteiger charge is 2.30. The minimum atomic E-state index is 0.278. The van der Waals surface area contributed by atoms with E-state index in [1.165, 1.54) is 32.4 Å². The monoisotopic (exact) mass is 383 g/mol. The van der Waals surface area contributed by atoms with Gasteiger partial charge in [-0.05, 0) is 52.1 Å². The molecule has 2 aliphatic heterocycles. The van der Waals surface area contributed by atoms with Crippen LogP contribution < -0.4 is 0 Å². The smallest absolute Gasteiger partial charge is 0.228 e. The molecule has 0 saturated carbocycles. The first-order chi connectivity index (χ1) is 13.2. The molecule has 1 unspecified atom stereocenters. The van der Waals surface area contributed by atoms with Crippen LogP contribution in [0.1, 0.15) is 42.0 Å². The van der Waals surface area contributed by atoms with Crippen LogP contribution in [0.25, 0.3) is 11.3 Å². The lowest BCUT2D eigenvalue weighted by Crippen LogP contribution is -2.49. The summed E-state index contributed by atoms with van der Waals surface area (Å²) in [5.74, 6) is 0.278. The van der Waals surface area contributed by atoms with E-state index in [4.69, 9.17) is 4.98 Å². The van der Waals surface area contributed by atoms with Crippen LogP contribution >= 0.6 is 11.3 Å². The maximum absolute atomic E-state index is 13.2. The van der Waals surface area contributed by atoms with E-state index in [1.54, 1.807) is 11.3 Å². The van der Waals surface area contributed by atoms with E-state index < -0.39 is 0 Å². The summed E-state index contributed by atoms with van der Waals surface area (Å²) in [5, 5.41) is 1.03. The summed E-state index contributed by atoms with van der Waals surface area (Å²) < 4.78 is 0. The minimum Gasteiger partial charge on any atom is -0.338 e. The molecule has 1 amide bonds. The van der Waals surface area contributed by atoms with Crippen molar-refractivity contribution in [3.63, 3.8) is 0 Å². The van der Waals surface area contributed by atoms with Gasteiger partial charge in [0.25, 0.3) is 0 Å². The van der Waals surface area contributed by atoms with Crippen molar-refractivity contribution in [3.05, 3.63) is 40.2 Å². The highest BCUT2D eigenvalue weighted by Crippen LogP contribution is 2.30. The van der Waals surface area contributed by atoms with E-state index in [2.05, 4.69) is 21.9 Å². The van der Waals surface area contributed by atoms with Gasteiger partial charge in [0.2, 0.25) is 5.91 Å². The second-order valence-corrected chi connectivity index (χ2v) is 9.08. The van der Waals surface area contributed by atoms with Crippen molar-refractivity contribution >= 4 is 17.2 Å². The molecular weight excluding hydrogens is 354 g/mol. The van der Waals surface area contributed by atoms with Crippen LogP contribution in [0, 0.1) is 6.92 Å². The van der Waals surface area contributed by atoms with Crippen LogP contribution in [0.3, 0.4) is 0 Å². The van der Waals surface area contributed by atoms with E-state index in [9.17, 15) is 4.79 Å². The number of piperidine rings is 1. The number of aryl methyl sites for hydroxylation is 1. The van der Waals surface area contributed by atoms with Gasteiger partial charge < -0.3 is 9.80 Å². The SMILES string of the molecule is Cc1nc(-c2ccccc2)c(CC(=O)N2CCCCC2CN2CCCC2)s1. The number of likely N-dealkylation sites (tertiary alicyclic amines) is 2. The number of hydrogen-bond acceptors (Lipinski definition) is 4. The average molecular weight is 384 g/mol. The van der Waals surface area contributed by atoms with Crippen LogP contribution in [-0.2, 0) is 11.2 Å². The van der Waals surface area contributed by atoms with Crippen LogP contribution in [0.5, 0.6) is 0 Å². The second kappa shape index (κ2) is 8.53. The summed E-state index contributed by atoms with van der Waals surface area (Å²) >= 11 is 1.67. The fraction of sp³-hybridized carbons (Fsp3) is 0.545. The van der Waals surface area contributed by atoms with E-state index in [0.29, 0.717) is 12.5 Å². The van der Waals surface area contributed by atoms with Crippen LogP contribution in [-0.4, -0.2) is 52.9 Å². The Morgan fingerprint density at radius 1 is 1.11 bits per heavy atom. The molecular formula is C22H29N3OS. The summed E-state index contributed by atoms with van der Waals surface area (Å²) in [6, 6.07) is 10.6. The standard InChI is InChI=1S/C22H29N3OS/c1-17-23-22(18-9-3-2-4-10-18)20(27-17)15-21(26)25-14-6-5-11-19(25)16-24-12-7-8-13-24/h2-4,9-10,19H,5-8,11-16H2,1H3. The van der Waals surface area contributed by atoms with E-state index in [0.717, 1.165) is 47.1 Å². The molecule has 0 radical (unpaired) electrons. The molecule has 27 heavy (non-hydrogen) atoms. The lowest BCUT2D eigenvalue weighted by Gasteiger charge is -2.38. The first kappa shape index (κ1) is 18.6. The minimum absolute atomic E-state index is 0.278. The third-order valence-corrected chi connectivity index (χ3v) is 6.75. The molecule has 2 fully saturated rings. The van der Waals surface area contributed by atoms with Gasteiger partial charge >= 0.3 is 0 Å². The van der Waals surface area contributed by atoms with Crippen molar-refractivity contribution in [3.8, 4) is 11.3 Å². The van der Waals surface area contributed by atoms with Crippen molar-refractivity contribution in [2.75, 3.05) is 26.2 Å². The molecule has 2 aliphatic rings. The van der Waals surface area contributed by atoms with Crippen molar-refractivity contribution in [1.29, 1.82) is 0 Å². The van der Waals surface area contributed by atoms with Gasteiger partial charge in [0, 0.05) is 29.6 Å². The summed E-state index contributed by atoms with van der Waals surface area (Å²) in [6.07, 6.45) is 6.62. The van der Waals surface area contributed by atoms with Gasteiger partial charge in [-0.25, -0.2) is 4.98 Å². The Bertz CT molecular complexity index is 767. The quantitative estimate of drug-likeness (QED) is 0.779. The molecule has 3 heterocycles. The second-order valence-electron chi connectivity index (χ2n) is 7.79. The molecule has 0 aliphatic carbocycles. The largest absolute Gasteiger partial charge is 0.338 e. The molecule has 1 atom stereocenters. The number of aromatic nitrogens is 1. The lowest BCUT2D eigenvalue weighted by molar-refractivity contribution is -0.134. The fourth-order valence-corrected chi connectivity index (χ4v) is 5.38. The van der Waals surface area contributed by atoms with Crippen LogP contribution in [0.2, 0.25) is 0 Å². The van der Waals surface area contributed by atoms with Gasteiger partial charge in [0.1, 0.15) is 0 Å². The third-order valence-electron chi connectivity index (χ3n) is 5.78. The average Bonchev–Trinajstić information content (AvgIpc) is 3.32. The predicted octanol–water partition coefficient (Wildman–Crippen LogP) is 4.14. The predicted molar refractivity (Wildman–Crippen MR) is 111 cm³/mol. The molecule has 1 aromatic carbocycles. The molecule has 1 aromatic heterocycles. The molecule has 2 saturated heterocycles. The maximum Gasteiger partial charge on any atom is 0.228 e. The fourth-order valence-electron chi connectivity index (χ4n) is 4.43. The van der Waals surface area contributed by atoms with Crippen molar-refractivity contribution in [1.82, 2.24) is 14.8 Å². The molecule has 144 valence electrons. The number of hydrogen-bond donors (Lipinski definition) is 0. The number of carbonyl (C=O) groups is 1. The van der Waals surface area contributed by atoms with Gasteiger partial charge in [-0.2, -0.15) is 0 Å². The Morgan fingerprint density at radius 3 is 2.63 bits per heavy atom. The van der Waals surface area contributed by atoms with Gasteiger partial charge in [0.05, 0.1) is 17.1 Å². The summed E-state index contributed by atoms with van der Waals surface area (Å²) in [4.78, 5) is 23.8. The molecule has 0 N–H and O–H groups in total. The van der Waals surface area contributed by atoms with E-state index in [-0.39, 0.29) is 5.91 Å². The molecule has 4 nitrogen and oxygen atoms in total. The third kappa shape index (κ3) is 4.41. The molecule has 0 spiro atoms. The molecule has 0 bridgehead atoms. The van der Waals surface area contributed by atoms with Gasteiger partial charge in [0.15, 0.2) is 0 Å². The van der Waals surface area contributed by atoms with Crippen molar-refractivity contribution in [2.45, 2.75) is 51.5 Å². The highest BCUT2D eigenvalue weighted by molar-refractivity contribution is 7.12. The van der Waals surface area contributed by atoms with Gasteiger partial charge in [-0.15, -0.1) is 11.3 Å². The Balaban J connectivity index is 1.49. The summed E-state index contributed by atoms with van der Waals surface area (Å²) in [5.41, 5.74) is 2.09. The first-order valence-electron chi connectivity index (χ1n) is 10.2. The van der Waals surface area contributed by atoms with Gasteiger partial charge in [-0.3, -0.25) is 4.79 Å². The van der Waals surface area contributed by atoms with E-state index >= 15 is 0 Å². The number of rotatable bonds is 5. The number of amides is 1. The number of nitrogens with zero attached hydrogens (tertiary/aromatic N) is 3. The Morgan fingerprint density at radius 2 is 1.85 bits per heavy atom. The number of benzene rings is 1. The van der Waals surface area contributed by atoms with Crippen LogP contribution in [0.15, 0.2) is 30.3 Å². The summed E-state index contributed by atoms with van der Waals surface area (Å²) in [6.45, 7) is 6.40.